The number of benzene rings is 2. The summed E-state index contributed by atoms with van der Waals surface area (Å²) in [5, 5.41) is 22.4. The molecule has 0 bridgehead atoms. The van der Waals surface area contributed by atoms with Crippen LogP contribution in [0.4, 0.5) is 8.78 Å². The first-order valence-corrected chi connectivity index (χ1v) is 12.5. The largest absolute Gasteiger partial charge is 0.503 e. The molecule has 8 nitrogen and oxygen atoms in total. The van der Waals surface area contributed by atoms with Crippen molar-refractivity contribution in [1.82, 2.24) is 24.9 Å². The number of phenols is 1. The minimum absolute atomic E-state index is 0.145. The number of hydrogen-bond acceptors (Lipinski definition) is 5. The Kier molecular flexibility index (Phi) is 6.11. The van der Waals surface area contributed by atoms with Crippen LogP contribution < -0.4 is 5.32 Å². The number of aromatic nitrogens is 4. The number of halogens is 2. The highest BCUT2D eigenvalue weighted by molar-refractivity contribution is 5.94. The average Bonchev–Trinajstić information content (AvgIpc) is 3.52. The Morgan fingerprint density at radius 2 is 1.76 bits per heavy atom. The van der Waals surface area contributed by atoms with E-state index in [1.807, 2.05) is 10.9 Å². The van der Waals surface area contributed by atoms with Gasteiger partial charge in [-0.15, -0.1) is 0 Å². The summed E-state index contributed by atoms with van der Waals surface area (Å²) < 4.78 is 36.4. The Hall–Kier alpha value is -3.79. The topological polar surface area (TPSA) is 94.2 Å². The fourth-order valence-corrected chi connectivity index (χ4v) is 5.11. The number of aromatic hydroxyl groups is 1. The first-order chi connectivity index (χ1) is 17.9. The SMILES string of the molecule is O=C(NCC1CCC(n2cc3ccc(-c4cnn(C5COC5)c4)cc3n2)CC1)c1cc(F)c(O)c(F)c1. The van der Waals surface area contributed by atoms with Crippen molar-refractivity contribution in [3.05, 3.63) is 66.1 Å². The van der Waals surface area contributed by atoms with Crippen LogP contribution >= 0.6 is 0 Å². The molecular weight excluding hydrogens is 480 g/mol. The molecule has 4 aromatic rings. The molecule has 2 fully saturated rings. The van der Waals surface area contributed by atoms with Gasteiger partial charge in [-0.05, 0) is 55.4 Å². The third-order valence-electron chi connectivity index (χ3n) is 7.48. The number of amides is 1. The number of hydrogen-bond donors (Lipinski definition) is 2. The van der Waals surface area contributed by atoms with E-state index in [0.717, 1.165) is 59.8 Å². The Balaban J connectivity index is 1.06. The van der Waals surface area contributed by atoms with Crippen molar-refractivity contribution in [2.75, 3.05) is 19.8 Å². The normalized spacial score (nSPS) is 20.2. The summed E-state index contributed by atoms with van der Waals surface area (Å²) in [5.74, 6) is -3.65. The van der Waals surface area contributed by atoms with Crippen molar-refractivity contribution in [2.45, 2.75) is 37.8 Å². The molecule has 1 saturated carbocycles. The summed E-state index contributed by atoms with van der Waals surface area (Å²) in [4.78, 5) is 12.3. The lowest BCUT2D eigenvalue weighted by Gasteiger charge is -2.28. The van der Waals surface area contributed by atoms with E-state index in [1.54, 1.807) is 0 Å². The van der Waals surface area contributed by atoms with Crippen molar-refractivity contribution in [1.29, 1.82) is 0 Å². The number of nitrogens with zero attached hydrogens (tertiary/aromatic N) is 4. The Morgan fingerprint density at radius 3 is 2.46 bits per heavy atom. The molecule has 2 aromatic carbocycles. The molecule has 2 N–H and O–H groups in total. The summed E-state index contributed by atoms with van der Waals surface area (Å²) in [6.07, 6.45) is 9.71. The number of ether oxygens (including phenoxy) is 1. The van der Waals surface area contributed by atoms with Crippen LogP contribution in [0.3, 0.4) is 0 Å². The van der Waals surface area contributed by atoms with Crippen LogP contribution in [0.5, 0.6) is 5.75 Å². The van der Waals surface area contributed by atoms with E-state index in [4.69, 9.17) is 9.84 Å². The summed E-state index contributed by atoms with van der Waals surface area (Å²) in [6, 6.07) is 8.57. The van der Waals surface area contributed by atoms with Crippen LogP contribution in [0.15, 0.2) is 48.9 Å². The highest BCUT2D eigenvalue weighted by atomic mass is 19.1. The minimum atomic E-state index is -1.15. The van der Waals surface area contributed by atoms with Crippen molar-refractivity contribution in [3.63, 3.8) is 0 Å². The third-order valence-corrected chi connectivity index (χ3v) is 7.48. The predicted molar refractivity (Wildman–Crippen MR) is 132 cm³/mol. The Labute approximate surface area is 211 Å². The van der Waals surface area contributed by atoms with E-state index in [-0.39, 0.29) is 17.5 Å². The van der Waals surface area contributed by atoms with Crippen LogP contribution in [0.2, 0.25) is 0 Å². The van der Waals surface area contributed by atoms with E-state index in [1.165, 1.54) is 0 Å². The molecule has 2 aliphatic rings. The molecule has 192 valence electrons. The zero-order valence-corrected chi connectivity index (χ0v) is 20.1. The van der Waals surface area contributed by atoms with Gasteiger partial charge in [0, 0.05) is 35.5 Å². The monoisotopic (exact) mass is 507 g/mol. The number of phenolic OH excluding ortho intramolecular Hbond substituents is 1. The molecule has 1 aliphatic heterocycles. The highest BCUT2D eigenvalue weighted by Crippen LogP contribution is 2.33. The van der Waals surface area contributed by atoms with Crippen molar-refractivity contribution in [3.8, 4) is 16.9 Å². The molecule has 10 heteroatoms. The lowest BCUT2D eigenvalue weighted by atomic mass is 9.86. The zero-order valence-electron chi connectivity index (χ0n) is 20.1. The second kappa shape index (κ2) is 9.59. The highest BCUT2D eigenvalue weighted by Gasteiger charge is 2.25. The molecule has 2 aromatic heterocycles. The quantitative estimate of drug-likeness (QED) is 0.397. The maximum Gasteiger partial charge on any atom is 0.251 e. The molecule has 0 radical (unpaired) electrons. The number of nitrogens with one attached hydrogen (secondary N) is 1. The fraction of sp³-hybridized carbons (Fsp3) is 0.370. The van der Waals surface area contributed by atoms with E-state index < -0.39 is 23.3 Å². The van der Waals surface area contributed by atoms with Gasteiger partial charge in [0.25, 0.3) is 5.91 Å². The van der Waals surface area contributed by atoms with Gasteiger partial charge < -0.3 is 15.2 Å². The molecule has 37 heavy (non-hydrogen) atoms. The molecule has 0 atom stereocenters. The first-order valence-electron chi connectivity index (χ1n) is 12.5. The predicted octanol–water partition coefficient (Wildman–Crippen LogP) is 4.62. The molecule has 0 spiro atoms. The maximum absolute atomic E-state index is 13.5. The van der Waals surface area contributed by atoms with Crippen LogP contribution in [-0.2, 0) is 4.74 Å². The van der Waals surface area contributed by atoms with Gasteiger partial charge in [-0.1, -0.05) is 12.1 Å². The minimum Gasteiger partial charge on any atom is -0.503 e. The van der Waals surface area contributed by atoms with Gasteiger partial charge in [0.05, 0.1) is 37.0 Å². The maximum atomic E-state index is 13.5. The number of fused-ring (bicyclic) bond motifs is 1. The van der Waals surface area contributed by atoms with Crippen LogP contribution in [0.25, 0.3) is 22.0 Å². The number of rotatable bonds is 6. The van der Waals surface area contributed by atoms with E-state index in [9.17, 15) is 18.7 Å². The lowest BCUT2D eigenvalue weighted by Crippen LogP contribution is -2.31. The molecular formula is C27H27F2N5O3. The second-order valence-corrected chi connectivity index (χ2v) is 9.96. The van der Waals surface area contributed by atoms with E-state index in [2.05, 4.69) is 45.7 Å². The molecule has 6 rings (SSSR count). The number of carbonyl (C=O) groups is 1. The van der Waals surface area contributed by atoms with Gasteiger partial charge in [0.2, 0.25) is 0 Å². The molecule has 0 unspecified atom stereocenters. The van der Waals surface area contributed by atoms with Gasteiger partial charge in [-0.3, -0.25) is 14.2 Å². The summed E-state index contributed by atoms with van der Waals surface area (Å²) in [7, 11) is 0. The lowest BCUT2D eigenvalue weighted by molar-refractivity contribution is -0.0286. The van der Waals surface area contributed by atoms with Crippen LogP contribution in [0, 0.1) is 17.6 Å². The summed E-state index contributed by atoms with van der Waals surface area (Å²) in [6.45, 7) is 1.84. The summed E-state index contributed by atoms with van der Waals surface area (Å²) in [5.41, 5.74) is 2.94. The van der Waals surface area contributed by atoms with Crippen molar-refractivity contribution < 1.29 is 23.4 Å². The first kappa shape index (κ1) is 23.6. The van der Waals surface area contributed by atoms with Gasteiger partial charge in [0.1, 0.15) is 0 Å². The third kappa shape index (κ3) is 4.69. The van der Waals surface area contributed by atoms with E-state index >= 15 is 0 Å². The molecule has 1 amide bonds. The zero-order chi connectivity index (χ0) is 25.5. The van der Waals surface area contributed by atoms with Crippen molar-refractivity contribution >= 4 is 16.8 Å². The second-order valence-electron chi connectivity index (χ2n) is 9.96. The molecule has 1 aliphatic carbocycles. The van der Waals surface area contributed by atoms with Crippen LogP contribution in [-0.4, -0.2) is 50.3 Å². The van der Waals surface area contributed by atoms with Gasteiger partial charge in [-0.25, -0.2) is 8.78 Å². The van der Waals surface area contributed by atoms with Crippen molar-refractivity contribution in [2.24, 2.45) is 5.92 Å². The van der Waals surface area contributed by atoms with Crippen LogP contribution in [0.1, 0.15) is 48.1 Å². The Bertz CT molecular complexity index is 1430. The van der Waals surface area contributed by atoms with Gasteiger partial charge >= 0.3 is 0 Å². The average molecular weight is 508 g/mol. The standard InChI is InChI=1S/C27H27F2N5O3/c28-23-7-19(8-24(29)26(23)35)27(36)30-10-16-1-5-21(6-2-16)34-12-18-4-3-17(9-25(18)32-34)20-11-31-33(13-20)22-14-37-15-22/h3-4,7-9,11-13,16,21-22,35H,1-2,5-6,10,14-15H2,(H,30,36). The fourth-order valence-electron chi connectivity index (χ4n) is 5.11. The van der Waals surface area contributed by atoms with E-state index in [0.29, 0.717) is 25.8 Å². The smallest absolute Gasteiger partial charge is 0.251 e. The van der Waals surface area contributed by atoms with Gasteiger partial charge in [0.15, 0.2) is 17.4 Å². The van der Waals surface area contributed by atoms with Gasteiger partial charge in [-0.2, -0.15) is 10.2 Å². The number of carbonyl (C=O) groups excluding carboxylic acids is 1. The molecule has 3 heterocycles. The Morgan fingerprint density at radius 1 is 1.00 bits per heavy atom. The molecule has 1 saturated heterocycles. The summed E-state index contributed by atoms with van der Waals surface area (Å²) >= 11 is 0.